The van der Waals surface area contributed by atoms with E-state index in [-0.39, 0.29) is 5.82 Å². The maximum atomic E-state index is 12.9. The fourth-order valence-electron chi connectivity index (χ4n) is 1.65. The van der Waals surface area contributed by atoms with Gasteiger partial charge in [-0.05, 0) is 18.6 Å². The van der Waals surface area contributed by atoms with Crippen molar-refractivity contribution >= 4 is 5.69 Å². The van der Waals surface area contributed by atoms with Crippen molar-refractivity contribution < 1.29 is 13.9 Å². The van der Waals surface area contributed by atoms with E-state index in [0.29, 0.717) is 18.4 Å². The van der Waals surface area contributed by atoms with Crippen molar-refractivity contribution in [3.63, 3.8) is 0 Å². The smallest absolute Gasteiger partial charge is 0.144 e. The third kappa shape index (κ3) is 2.39. The van der Waals surface area contributed by atoms with Crippen molar-refractivity contribution in [1.29, 1.82) is 0 Å². The molecule has 1 aliphatic rings. The summed E-state index contributed by atoms with van der Waals surface area (Å²) in [5.74, 6) is 0.238. The summed E-state index contributed by atoms with van der Waals surface area (Å²) in [6.07, 6.45) is 0.973. The molecule has 0 amide bonds. The highest BCUT2D eigenvalue weighted by Gasteiger charge is 2.16. The summed E-state index contributed by atoms with van der Waals surface area (Å²) in [4.78, 5) is 0. The quantitative estimate of drug-likeness (QED) is 0.829. The summed E-state index contributed by atoms with van der Waals surface area (Å²) >= 11 is 0. The van der Waals surface area contributed by atoms with Crippen molar-refractivity contribution in [2.24, 2.45) is 0 Å². The lowest BCUT2D eigenvalue weighted by molar-refractivity contribution is 0.195. The second-order valence-corrected chi connectivity index (χ2v) is 3.55. The van der Waals surface area contributed by atoms with Crippen LogP contribution in [-0.4, -0.2) is 26.4 Å². The molecule has 1 heterocycles. The number of hydrogen-bond acceptors (Lipinski definition) is 3. The Labute approximate surface area is 88.2 Å². The van der Waals surface area contributed by atoms with Crippen LogP contribution in [0.3, 0.4) is 0 Å². The van der Waals surface area contributed by atoms with Crippen molar-refractivity contribution in [2.45, 2.75) is 12.5 Å². The zero-order chi connectivity index (χ0) is 10.7. The highest BCUT2D eigenvalue weighted by atomic mass is 19.1. The molecular weight excluding hydrogens is 197 g/mol. The number of ether oxygens (including phenoxy) is 2. The maximum Gasteiger partial charge on any atom is 0.144 e. The lowest BCUT2D eigenvalue weighted by Gasteiger charge is -2.15. The van der Waals surface area contributed by atoms with Gasteiger partial charge in [0.15, 0.2) is 0 Å². The van der Waals surface area contributed by atoms with Crippen LogP contribution in [0.1, 0.15) is 6.42 Å². The highest BCUT2D eigenvalue weighted by Crippen LogP contribution is 2.26. The zero-order valence-electron chi connectivity index (χ0n) is 8.63. The fourth-order valence-corrected chi connectivity index (χ4v) is 1.65. The second kappa shape index (κ2) is 4.49. The summed E-state index contributed by atoms with van der Waals surface area (Å²) in [6, 6.07) is 4.77. The molecule has 1 aliphatic heterocycles. The minimum Gasteiger partial charge on any atom is -0.494 e. The molecule has 82 valence electrons. The molecule has 1 aromatic carbocycles. The molecule has 15 heavy (non-hydrogen) atoms. The van der Waals surface area contributed by atoms with Gasteiger partial charge in [-0.15, -0.1) is 0 Å². The molecule has 2 rings (SSSR count). The van der Waals surface area contributed by atoms with Crippen LogP contribution in [-0.2, 0) is 4.74 Å². The van der Waals surface area contributed by atoms with Gasteiger partial charge in [0, 0.05) is 12.7 Å². The topological polar surface area (TPSA) is 30.5 Å². The van der Waals surface area contributed by atoms with Gasteiger partial charge in [-0.2, -0.15) is 0 Å². The average Bonchev–Trinajstić information content (AvgIpc) is 2.73. The predicted octanol–water partition coefficient (Wildman–Crippen LogP) is 2.04. The number of methoxy groups -OCH3 is 1. The van der Waals surface area contributed by atoms with Crippen LogP contribution in [0.25, 0.3) is 0 Å². The Bertz CT molecular complexity index is 337. The average molecular weight is 211 g/mol. The Hall–Kier alpha value is -1.29. The lowest BCUT2D eigenvalue weighted by Crippen LogP contribution is -2.19. The zero-order valence-corrected chi connectivity index (χ0v) is 8.63. The van der Waals surface area contributed by atoms with E-state index in [1.165, 1.54) is 19.2 Å². The summed E-state index contributed by atoms with van der Waals surface area (Å²) in [5.41, 5.74) is 0.814. The van der Waals surface area contributed by atoms with Gasteiger partial charge in [0.2, 0.25) is 0 Å². The predicted molar refractivity (Wildman–Crippen MR) is 55.8 cm³/mol. The van der Waals surface area contributed by atoms with E-state index < -0.39 is 0 Å². The standard InChI is InChI=1S/C11H14FNO2/c1-14-11-6-8(12)2-3-10(11)13-9-4-5-15-7-9/h2-3,6,9,13H,4-5,7H2,1H3. The maximum absolute atomic E-state index is 12.9. The normalized spacial score (nSPS) is 20.3. The third-order valence-corrected chi connectivity index (χ3v) is 2.45. The van der Waals surface area contributed by atoms with Gasteiger partial charge in [-0.1, -0.05) is 0 Å². The first kappa shape index (κ1) is 10.2. The van der Waals surface area contributed by atoms with Gasteiger partial charge in [0.05, 0.1) is 25.4 Å². The van der Waals surface area contributed by atoms with E-state index in [2.05, 4.69) is 5.32 Å². The van der Waals surface area contributed by atoms with E-state index in [1.807, 2.05) is 0 Å². The van der Waals surface area contributed by atoms with Gasteiger partial charge in [0.1, 0.15) is 11.6 Å². The van der Waals surface area contributed by atoms with Crippen LogP contribution in [0, 0.1) is 5.82 Å². The van der Waals surface area contributed by atoms with Gasteiger partial charge >= 0.3 is 0 Å². The summed E-state index contributed by atoms with van der Waals surface area (Å²) < 4.78 is 23.3. The highest BCUT2D eigenvalue weighted by molar-refractivity contribution is 5.57. The molecule has 0 bridgehead atoms. The molecule has 0 saturated carbocycles. The second-order valence-electron chi connectivity index (χ2n) is 3.55. The summed E-state index contributed by atoms with van der Waals surface area (Å²) in [7, 11) is 1.53. The van der Waals surface area contributed by atoms with Crippen LogP contribution in [0.15, 0.2) is 18.2 Å². The molecule has 0 aliphatic carbocycles. The minimum absolute atomic E-state index is 0.292. The Morgan fingerprint density at radius 2 is 2.40 bits per heavy atom. The van der Waals surface area contributed by atoms with Crippen molar-refractivity contribution in [3.8, 4) is 5.75 Å². The summed E-state index contributed by atoms with van der Waals surface area (Å²) in [5, 5.41) is 3.27. The van der Waals surface area contributed by atoms with Gasteiger partial charge in [0.25, 0.3) is 0 Å². The van der Waals surface area contributed by atoms with Crippen molar-refractivity contribution in [3.05, 3.63) is 24.0 Å². The molecule has 0 aromatic heterocycles. The molecule has 1 saturated heterocycles. The van der Waals surface area contributed by atoms with Crippen LogP contribution in [0.4, 0.5) is 10.1 Å². The molecule has 1 atom stereocenters. The Morgan fingerprint density at radius 1 is 1.53 bits per heavy atom. The number of nitrogens with one attached hydrogen (secondary N) is 1. The molecule has 1 N–H and O–H groups in total. The summed E-state index contributed by atoms with van der Waals surface area (Å²) in [6.45, 7) is 1.47. The lowest BCUT2D eigenvalue weighted by atomic mass is 10.2. The number of hydrogen-bond donors (Lipinski definition) is 1. The third-order valence-electron chi connectivity index (χ3n) is 2.45. The van der Waals surface area contributed by atoms with Crippen LogP contribution < -0.4 is 10.1 Å². The monoisotopic (exact) mass is 211 g/mol. The molecule has 4 heteroatoms. The number of anilines is 1. The van der Waals surface area contributed by atoms with E-state index in [4.69, 9.17) is 9.47 Å². The van der Waals surface area contributed by atoms with E-state index in [9.17, 15) is 4.39 Å². The van der Waals surface area contributed by atoms with Crippen LogP contribution in [0.5, 0.6) is 5.75 Å². The van der Waals surface area contributed by atoms with Crippen molar-refractivity contribution in [2.75, 3.05) is 25.6 Å². The number of rotatable bonds is 3. The van der Waals surface area contributed by atoms with E-state index >= 15 is 0 Å². The van der Waals surface area contributed by atoms with E-state index in [0.717, 1.165) is 18.7 Å². The first-order valence-corrected chi connectivity index (χ1v) is 4.97. The first-order chi connectivity index (χ1) is 7.29. The Kier molecular flexibility index (Phi) is 3.06. The molecule has 1 aromatic rings. The van der Waals surface area contributed by atoms with Gasteiger partial charge in [-0.25, -0.2) is 4.39 Å². The molecule has 0 spiro atoms. The molecule has 1 fully saturated rings. The molecule has 3 nitrogen and oxygen atoms in total. The molecular formula is C11H14FNO2. The first-order valence-electron chi connectivity index (χ1n) is 4.97. The number of halogens is 1. The van der Waals surface area contributed by atoms with Crippen LogP contribution in [0.2, 0.25) is 0 Å². The fraction of sp³-hybridized carbons (Fsp3) is 0.455. The molecule has 1 unspecified atom stereocenters. The van der Waals surface area contributed by atoms with E-state index in [1.54, 1.807) is 6.07 Å². The molecule has 0 radical (unpaired) electrons. The minimum atomic E-state index is -0.292. The Balaban J connectivity index is 2.12. The van der Waals surface area contributed by atoms with Gasteiger partial charge in [-0.3, -0.25) is 0 Å². The Morgan fingerprint density at radius 3 is 3.07 bits per heavy atom. The van der Waals surface area contributed by atoms with Crippen LogP contribution >= 0.6 is 0 Å². The SMILES string of the molecule is COc1cc(F)ccc1NC1CCOC1. The number of benzene rings is 1. The largest absolute Gasteiger partial charge is 0.494 e. The van der Waals surface area contributed by atoms with Crippen molar-refractivity contribution in [1.82, 2.24) is 0 Å². The van der Waals surface area contributed by atoms with Gasteiger partial charge < -0.3 is 14.8 Å².